The summed E-state index contributed by atoms with van der Waals surface area (Å²) in [5, 5.41) is 29.3. The highest BCUT2D eigenvalue weighted by molar-refractivity contribution is 5.62. The van der Waals surface area contributed by atoms with E-state index in [9.17, 15) is 79.0 Å². The number of nitrogens with zero attached hydrogens (tertiary/aromatic N) is 10. The monoisotopic (exact) mass is 1350 g/mol. The van der Waals surface area contributed by atoms with Gasteiger partial charge in [0.25, 0.3) is 23.7 Å². The number of benzene rings is 1. The highest BCUT2D eigenvalue weighted by atomic mass is 19.4. The van der Waals surface area contributed by atoms with Crippen molar-refractivity contribution in [3.63, 3.8) is 0 Å². The van der Waals surface area contributed by atoms with Crippen LogP contribution >= 0.6 is 0 Å². The molecule has 94 heavy (non-hydrogen) atoms. The molecular weight excluding hydrogens is 1280 g/mol. The highest BCUT2D eigenvalue weighted by Gasteiger charge is 2.69. The lowest BCUT2D eigenvalue weighted by Gasteiger charge is -2.30. The molecule has 15 rings (SSSR count). The van der Waals surface area contributed by atoms with Crippen molar-refractivity contribution < 1.29 is 79.0 Å². The van der Waals surface area contributed by atoms with Crippen molar-refractivity contribution in [2.45, 2.75) is 237 Å². The fourth-order valence-corrected chi connectivity index (χ4v) is 14.4. The first-order valence-corrected chi connectivity index (χ1v) is 31.6. The van der Waals surface area contributed by atoms with Crippen LogP contribution < -0.4 is 0 Å². The Morgan fingerprint density at radius 1 is 0.596 bits per heavy atom. The number of hydrogen-bond donors (Lipinski definition) is 1. The lowest BCUT2D eigenvalue weighted by molar-refractivity contribution is -0.143. The molecule has 7 unspecified atom stereocenters. The largest absolute Gasteiger partial charge is 0.435 e. The Labute approximate surface area is 530 Å². The van der Waals surface area contributed by atoms with Gasteiger partial charge in [0, 0.05) is 94.3 Å². The second-order valence-electron chi connectivity index (χ2n) is 27.3. The van der Waals surface area contributed by atoms with Crippen LogP contribution in [0.2, 0.25) is 0 Å². The molecule has 514 valence electrons. The average Bonchev–Trinajstić information content (AvgIpc) is 1.52. The van der Waals surface area contributed by atoms with Gasteiger partial charge < -0.3 is 0 Å². The zero-order valence-corrected chi connectivity index (χ0v) is 53.4. The maximum atomic E-state index is 14.0. The van der Waals surface area contributed by atoms with E-state index >= 15 is 0 Å². The average molecular weight is 1350 g/mol. The van der Waals surface area contributed by atoms with E-state index in [0.717, 1.165) is 58.4 Å². The lowest BCUT2D eigenvalue weighted by atomic mass is 9.89. The lowest BCUT2D eigenvalue weighted by Crippen LogP contribution is -2.32. The predicted octanol–water partition coefficient (Wildman–Crippen LogP) is 19.4. The number of nitriles is 1. The van der Waals surface area contributed by atoms with Crippen molar-refractivity contribution in [1.82, 2.24) is 49.3 Å². The first kappa shape index (κ1) is 70.1. The molecule has 7 atom stereocenters. The van der Waals surface area contributed by atoms with Gasteiger partial charge in [0.15, 0.2) is 22.8 Å². The van der Waals surface area contributed by atoms with Crippen molar-refractivity contribution in [1.29, 1.82) is 5.26 Å². The molecule has 0 bridgehead atoms. The van der Waals surface area contributed by atoms with Crippen molar-refractivity contribution in [3.8, 4) is 6.07 Å². The molecule has 1 N–H and O–H groups in total. The van der Waals surface area contributed by atoms with Crippen LogP contribution in [0.5, 0.6) is 0 Å². The number of allylic oxidation sites excluding steroid dienone is 1. The van der Waals surface area contributed by atoms with E-state index in [-0.39, 0.29) is 58.9 Å². The summed E-state index contributed by atoms with van der Waals surface area (Å²) in [7, 11) is 0. The molecular formula is C65H73F18N11. The van der Waals surface area contributed by atoms with Crippen LogP contribution in [0, 0.1) is 47.7 Å². The van der Waals surface area contributed by atoms with Gasteiger partial charge in [0.2, 0.25) is 0 Å². The number of halogens is 18. The van der Waals surface area contributed by atoms with Gasteiger partial charge in [-0.1, -0.05) is 32.1 Å². The van der Waals surface area contributed by atoms with Crippen molar-refractivity contribution in [2.24, 2.45) is 23.7 Å². The zero-order chi connectivity index (χ0) is 69.4. The summed E-state index contributed by atoms with van der Waals surface area (Å²) in [5.74, 6) is -13.0. The number of rotatable bonds is 5. The van der Waals surface area contributed by atoms with E-state index in [4.69, 9.17) is 5.26 Å². The van der Waals surface area contributed by atoms with E-state index < -0.39 is 113 Å². The zero-order valence-electron chi connectivity index (χ0n) is 53.4. The Balaban J connectivity index is 0.000000124. The quantitative estimate of drug-likeness (QED) is 0.172. The minimum absolute atomic E-state index is 0.000741. The number of aryl methyl sites for hydroxylation is 1. The fraction of sp³-hybridized carbons (Fsp3) is 0.631. The summed E-state index contributed by atoms with van der Waals surface area (Å²) < 4.78 is 243. The van der Waals surface area contributed by atoms with Gasteiger partial charge in [-0.2, -0.15) is 96.6 Å². The van der Waals surface area contributed by atoms with Gasteiger partial charge in [-0.15, -0.1) is 0 Å². The van der Waals surface area contributed by atoms with E-state index in [2.05, 4.69) is 56.6 Å². The summed E-state index contributed by atoms with van der Waals surface area (Å²) in [4.78, 5) is 0. The number of aromatic amines is 1. The van der Waals surface area contributed by atoms with Gasteiger partial charge in [-0.05, 0) is 167 Å². The van der Waals surface area contributed by atoms with Crippen molar-refractivity contribution in [3.05, 3.63) is 126 Å². The molecule has 5 heterocycles. The third-order valence-electron chi connectivity index (χ3n) is 19.0. The van der Waals surface area contributed by atoms with Gasteiger partial charge in [0.1, 0.15) is 29.0 Å². The van der Waals surface area contributed by atoms with Gasteiger partial charge in [-0.3, -0.25) is 23.8 Å². The minimum atomic E-state index is -4.67. The summed E-state index contributed by atoms with van der Waals surface area (Å²) in [5.41, 5.74) is 0.865. The summed E-state index contributed by atoms with van der Waals surface area (Å²) in [6.07, 6.45) is -4.58. The number of fused-ring (bicyclic) bond motifs is 12. The molecule has 29 heteroatoms. The standard InChI is InChI=1S/C12H15F3N2.C12H13F.C11H11F5N2.C11H14F4N2.C11H15F3N2.C8H5F2N3/c1-6(2)17-10-8(4-3-7-5-9(7)10)11(16-17)12(13,14)15;1-8(2)11-6-4-9-3-5-10(13)7-12(9)11;1-4(2)18-9-7(8(17-18)11(14,15)16)5-3-6(5)10(9,12)13;1-6(2)17-9-8(7(3)16-17)10(12,13)4-5-11(9,14)15;1-7(2)16-9-6-4-3-5-8(9)10(15-16)11(12,13)14;9-8(10)4-1-3(4)6-5(2-11)12-13-7(6)8/h6-7,9H,3-5H2,1-2H3;3-8,11H,1-2H3;4-6H,3H2,1-2H3;6H,4-5H2,1-3H3;7H,3-6H2,1-2H3;3-4H,1H2,(H,12,13). The number of H-pyrrole nitrogens is 1. The topological polar surface area (TPSA) is 124 Å². The predicted molar refractivity (Wildman–Crippen MR) is 309 cm³/mol. The Kier molecular flexibility index (Phi) is 18.2. The molecule has 0 amide bonds. The van der Waals surface area contributed by atoms with Gasteiger partial charge >= 0.3 is 18.5 Å². The fourth-order valence-electron chi connectivity index (χ4n) is 14.4. The molecule has 0 saturated heterocycles. The molecule has 6 aromatic rings. The number of nitrogens with one attached hydrogen (secondary N) is 1. The van der Waals surface area contributed by atoms with E-state index in [0.29, 0.717) is 59.6 Å². The molecule has 5 aromatic heterocycles. The van der Waals surface area contributed by atoms with Crippen LogP contribution in [0.15, 0.2) is 24.3 Å². The van der Waals surface area contributed by atoms with Gasteiger partial charge in [-0.25, -0.2) is 13.2 Å². The molecule has 0 radical (unpaired) electrons. The molecule has 3 fully saturated rings. The number of alkyl halides is 17. The van der Waals surface area contributed by atoms with Crippen molar-refractivity contribution >= 4 is 6.08 Å². The van der Waals surface area contributed by atoms with E-state index in [1.807, 2.05) is 39.8 Å². The molecule has 0 spiro atoms. The first-order chi connectivity index (χ1) is 43.5. The maximum absolute atomic E-state index is 14.0. The van der Waals surface area contributed by atoms with Crippen molar-refractivity contribution in [2.75, 3.05) is 0 Å². The van der Waals surface area contributed by atoms with Crippen LogP contribution in [0.25, 0.3) is 6.08 Å². The van der Waals surface area contributed by atoms with Crippen LogP contribution in [0.3, 0.4) is 0 Å². The Morgan fingerprint density at radius 2 is 1.13 bits per heavy atom. The SMILES string of the molecule is CC(C)C1C=Cc2ccc(F)cc21.CC(C)n1nc(C(F)(F)F)c2c1C(F)(F)C1CC21.CC(C)n1nc(C(F)(F)F)c2c1C1CC1CC2.CC(C)n1nc(C(F)(F)F)c2c1CCCC2.Cc1nn(C(C)C)c2c1C(F)(F)CCC2(F)F.N#Cc1n[nH]c2c1C1CC1C2(F)F. The summed E-state index contributed by atoms with van der Waals surface area (Å²) in [6, 6.07) is 5.96. The Bertz CT molecular complexity index is 3870. The van der Waals surface area contributed by atoms with Crippen LogP contribution in [-0.2, 0) is 61.5 Å². The molecule has 3 saturated carbocycles. The minimum Gasteiger partial charge on any atom is -0.275 e. The number of hydrogen-bond acceptors (Lipinski definition) is 6. The smallest absolute Gasteiger partial charge is 0.275 e. The molecule has 11 nitrogen and oxygen atoms in total. The maximum Gasteiger partial charge on any atom is 0.435 e. The Hall–Kier alpha value is -6.76. The second-order valence-corrected chi connectivity index (χ2v) is 27.3. The number of aromatic nitrogens is 10. The highest BCUT2D eigenvalue weighted by Crippen LogP contribution is 2.69. The third-order valence-corrected chi connectivity index (χ3v) is 19.0. The molecule has 0 aliphatic heterocycles. The summed E-state index contributed by atoms with van der Waals surface area (Å²) in [6.45, 7) is 19.6. The van der Waals surface area contributed by atoms with E-state index in [1.165, 1.54) is 23.2 Å². The van der Waals surface area contributed by atoms with Gasteiger partial charge in [0.05, 0.1) is 11.3 Å². The van der Waals surface area contributed by atoms with Crippen LogP contribution in [0.4, 0.5) is 79.0 Å². The molecule has 9 aliphatic carbocycles. The van der Waals surface area contributed by atoms with Crippen LogP contribution in [-0.4, -0.2) is 49.3 Å². The summed E-state index contributed by atoms with van der Waals surface area (Å²) >= 11 is 0. The molecule has 1 aromatic carbocycles. The molecule has 9 aliphatic rings. The third kappa shape index (κ3) is 12.8. The first-order valence-electron chi connectivity index (χ1n) is 31.6. The Morgan fingerprint density at radius 3 is 1.70 bits per heavy atom. The van der Waals surface area contributed by atoms with E-state index in [1.54, 1.807) is 38.4 Å². The van der Waals surface area contributed by atoms with Crippen LogP contribution in [0.1, 0.15) is 264 Å². The second kappa shape index (κ2) is 24.4. The normalized spacial score (nSPS) is 24.2.